The highest BCUT2D eigenvalue weighted by atomic mass is 16.5. The van der Waals surface area contributed by atoms with Crippen LogP contribution in [-0.2, 0) is 4.79 Å². The molecule has 4 heteroatoms. The average Bonchev–Trinajstić information content (AvgIpc) is 2.24. The Morgan fingerprint density at radius 3 is 3.00 bits per heavy atom. The number of amides is 1. The van der Waals surface area contributed by atoms with Gasteiger partial charge in [-0.15, -0.1) is 0 Å². The van der Waals surface area contributed by atoms with Crippen molar-refractivity contribution in [3.05, 3.63) is 29.8 Å². The van der Waals surface area contributed by atoms with E-state index >= 15 is 0 Å². The van der Waals surface area contributed by atoms with Crippen LogP contribution in [-0.4, -0.2) is 12.5 Å². The SMILES string of the molecule is N#Cc1cccc(OCCCC(N)=O)c1. The maximum absolute atomic E-state index is 10.4. The molecule has 0 heterocycles. The molecule has 0 aliphatic rings. The van der Waals surface area contributed by atoms with Crippen LogP contribution in [0.15, 0.2) is 24.3 Å². The van der Waals surface area contributed by atoms with E-state index in [1.54, 1.807) is 24.3 Å². The highest BCUT2D eigenvalue weighted by Gasteiger charge is 1.97. The number of carbonyl (C=O) groups excluding carboxylic acids is 1. The topological polar surface area (TPSA) is 76.1 Å². The van der Waals surface area contributed by atoms with E-state index < -0.39 is 0 Å². The Labute approximate surface area is 88.3 Å². The summed E-state index contributed by atoms with van der Waals surface area (Å²) in [7, 11) is 0. The van der Waals surface area contributed by atoms with Gasteiger partial charge in [0.25, 0.3) is 0 Å². The summed E-state index contributed by atoms with van der Waals surface area (Å²) >= 11 is 0. The summed E-state index contributed by atoms with van der Waals surface area (Å²) in [6, 6.07) is 8.90. The van der Waals surface area contributed by atoms with Gasteiger partial charge < -0.3 is 10.5 Å². The van der Waals surface area contributed by atoms with Crippen molar-refractivity contribution < 1.29 is 9.53 Å². The van der Waals surface area contributed by atoms with Crippen molar-refractivity contribution in [3.63, 3.8) is 0 Å². The molecule has 1 amide bonds. The highest BCUT2D eigenvalue weighted by molar-refractivity contribution is 5.73. The molecule has 0 radical (unpaired) electrons. The van der Waals surface area contributed by atoms with Crippen molar-refractivity contribution in [2.45, 2.75) is 12.8 Å². The molecule has 0 saturated heterocycles. The average molecular weight is 204 g/mol. The number of nitriles is 1. The molecule has 0 aromatic heterocycles. The third-order valence-corrected chi connectivity index (χ3v) is 1.80. The molecule has 1 aromatic carbocycles. The van der Waals surface area contributed by atoms with E-state index in [4.69, 9.17) is 15.7 Å². The van der Waals surface area contributed by atoms with Crippen molar-refractivity contribution in [2.24, 2.45) is 5.73 Å². The fraction of sp³-hybridized carbons (Fsp3) is 0.273. The van der Waals surface area contributed by atoms with Gasteiger partial charge in [-0.3, -0.25) is 4.79 Å². The second-order valence-electron chi connectivity index (χ2n) is 3.06. The van der Waals surface area contributed by atoms with E-state index in [0.29, 0.717) is 30.8 Å². The van der Waals surface area contributed by atoms with Crippen LogP contribution in [0, 0.1) is 11.3 Å². The Balaban J connectivity index is 2.38. The fourth-order valence-electron chi connectivity index (χ4n) is 1.09. The van der Waals surface area contributed by atoms with Gasteiger partial charge in [0, 0.05) is 6.42 Å². The van der Waals surface area contributed by atoms with Gasteiger partial charge in [0.1, 0.15) is 5.75 Å². The Morgan fingerprint density at radius 1 is 1.53 bits per heavy atom. The minimum Gasteiger partial charge on any atom is -0.494 e. The first-order valence-electron chi connectivity index (χ1n) is 4.63. The molecule has 4 nitrogen and oxygen atoms in total. The van der Waals surface area contributed by atoms with Gasteiger partial charge in [0.2, 0.25) is 5.91 Å². The third-order valence-electron chi connectivity index (χ3n) is 1.80. The van der Waals surface area contributed by atoms with Gasteiger partial charge in [-0.1, -0.05) is 6.07 Å². The maximum atomic E-state index is 10.4. The van der Waals surface area contributed by atoms with Crippen LogP contribution in [0.5, 0.6) is 5.75 Å². The quantitative estimate of drug-likeness (QED) is 0.732. The molecule has 2 N–H and O–H groups in total. The van der Waals surface area contributed by atoms with E-state index in [0.717, 1.165) is 0 Å². The normalized spacial score (nSPS) is 9.27. The van der Waals surface area contributed by atoms with Crippen molar-refractivity contribution in [1.29, 1.82) is 5.26 Å². The molecule has 0 atom stereocenters. The van der Waals surface area contributed by atoms with Gasteiger partial charge in [0.05, 0.1) is 18.2 Å². The van der Waals surface area contributed by atoms with Crippen molar-refractivity contribution >= 4 is 5.91 Å². The number of hydrogen-bond donors (Lipinski definition) is 1. The number of primary amides is 1. The second-order valence-corrected chi connectivity index (χ2v) is 3.06. The number of benzene rings is 1. The molecule has 1 rings (SSSR count). The molecule has 1 aromatic rings. The summed E-state index contributed by atoms with van der Waals surface area (Å²) in [5.41, 5.74) is 5.54. The van der Waals surface area contributed by atoms with E-state index in [2.05, 4.69) is 0 Å². The molecule has 0 aliphatic heterocycles. The zero-order chi connectivity index (χ0) is 11.1. The summed E-state index contributed by atoms with van der Waals surface area (Å²) < 4.78 is 5.34. The first-order chi connectivity index (χ1) is 7.22. The lowest BCUT2D eigenvalue weighted by Gasteiger charge is -2.04. The summed E-state index contributed by atoms with van der Waals surface area (Å²) in [6.45, 7) is 0.428. The Morgan fingerprint density at radius 2 is 2.33 bits per heavy atom. The van der Waals surface area contributed by atoms with E-state index in [-0.39, 0.29) is 5.91 Å². The van der Waals surface area contributed by atoms with E-state index in [9.17, 15) is 4.79 Å². The van der Waals surface area contributed by atoms with Crippen LogP contribution in [0.4, 0.5) is 0 Å². The number of carbonyl (C=O) groups is 1. The monoisotopic (exact) mass is 204 g/mol. The van der Waals surface area contributed by atoms with E-state index in [1.165, 1.54) is 0 Å². The Kier molecular flexibility index (Phi) is 4.17. The zero-order valence-corrected chi connectivity index (χ0v) is 8.27. The van der Waals surface area contributed by atoms with Crippen molar-refractivity contribution in [3.8, 4) is 11.8 Å². The summed E-state index contributed by atoms with van der Waals surface area (Å²) in [4.78, 5) is 10.4. The third kappa shape index (κ3) is 4.14. The van der Waals surface area contributed by atoms with Crippen LogP contribution in [0.2, 0.25) is 0 Å². The standard InChI is InChI=1S/C11H12N2O2/c12-8-9-3-1-4-10(7-9)15-6-2-5-11(13)14/h1,3-4,7H,2,5-6H2,(H2,13,14). The molecule has 0 aliphatic carbocycles. The van der Waals surface area contributed by atoms with E-state index in [1.807, 2.05) is 6.07 Å². The molecular formula is C11H12N2O2. The number of ether oxygens (including phenoxy) is 1. The Bertz CT molecular complexity index is 382. The molecule has 0 unspecified atom stereocenters. The molecule has 0 spiro atoms. The maximum Gasteiger partial charge on any atom is 0.217 e. The van der Waals surface area contributed by atoms with Crippen LogP contribution < -0.4 is 10.5 Å². The highest BCUT2D eigenvalue weighted by Crippen LogP contribution is 2.12. The lowest BCUT2D eigenvalue weighted by Crippen LogP contribution is -2.11. The molecule has 0 saturated carbocycles. The minimum atomic E-state index is -0.329. The number of nitrogens with zero attached hydrogens (tertiary/aromatic N) is 1. The fourth-order valence-corrected chi connectivity index (χ4v) is 1.09. The minimum absolute atomic E-state index is 0.317. The lowest BCUT2D eigenvalue weighted by molar-refractivity contribution is -0.118. The second kappa shape index (κ2) is 5.66. The molecule has 0 fully saturated rings. The molecule has 78 valence electrons. The van der Waals surface area contributed by atoms with Gasteiger partial charge in [-0.2, -0.15) is 5.26 Å². The number of hydrogen-bond acceptors (Lipinski definition) is 3. The molecular weight excluding hydrogens is 192 g/mol. The predicted octanol–water partition coefficient (Wildman–Crippen LogP) is 1.20. The molecule has 0 bridgehead atoms. The molecule has 15 heavy (non-hydrogen) atoms. The van der Waals surface area contributed by atoms with Gasteiger partial charge in [-0.25, -0.2) is 0 Å². The lowest BCUT2D eigenvalue weighted by atomic mass is 10.2. The smallest absolute Gasteiger partial charge is 0.217 e. The van der Waals surface area contributed by atoms with Gasteiger partial charge in [-0.05, 0) is 24.6 Å². The van der Waals surface area contributed by atoms with Gasteiger partial charge in [0.15, 0.2) is 0 Å². The van der Waals surface area contributed by atoms with Crippen LogP contribution in [0.25, 0.3) is 0 Å². The number of nitrogens with two attached hydrogens (primary N) is 1. The summed E-state index contributed by atoms with van der Waals surface area (Å²) in [6.07, 6.45) is 0.907. The summed E-state index contributed by atoms with van der Waals surface area (Å²) in [5.74, 6) is 0.308. The van der Waals surface area contributed by atoms with Gasteiger partial charge >= 0.3 is 0 Å². The largest absolute Gasteiger partial charge is 0.494 e. The first kappa shape index (κ1) is 11.1. The first-order valence-corrected chi connectivity index (χ1v) is 4.63. The van der Waals surface area contributed by atoms with Crippen LogP contribution >= 0.6 is 0 Å². The summed E-state index contributed by atoms with van der Waals surface area (Å²) in [5, 5.41) is 8.64. The zero-order valence-electron chi connectivity index (χ0n) is 8.27. The van der Waals surface area contributed by atoms with Crippen LogP contribution in [0.3, 0.4) is 0 Å². The Hall–Kier alpha value is -2.02. The van der Waals surface area contributed by atoms with Crippen molar-refractivity contribution in [1.82, 2.24) is 0 Å². The van der Waals surface area contributed by atoms with Crippen molar-refractivity contribution in [2.75, 3.05) is 6.61 Å². The predicted molar refractivity (Wildman–Crippen MR) is 55.1 cm³/mol. The number of rotatable bonds is 5. The van der Waals surface area contributed by atoms with Crippen LogP contribution in [0.1, 0.15) is 18.4 Å².